The number of aryl methyl sites for hydroxylation is 2. The minimum atomic E-state index is -0.0994. The van der Waals surface area contributed by atoms with Crippen molar-refractivity contribution in [3.63, 3.8) is 0 Å². The standard InChI is InChI=1S/C13H22N4O/c1-8(2)12(5-6-14)15-13(18)11-7-9(3)16-17-10(11)4/h7-8,12H,5-6,14H2,1-4H3,(H,15,18). The van der Waals surface area contributed by atoms with Gasteiger partial charge in [0.2, 0.25) is 0 Å². The van der Waals surface area contributed by atoms with Crippen molar-refractivity contribution in [3.05, 3.63) is 23.0 Å². The second-order valence-corrected chi connectivity index (χ2v) is 4.89. The number of hydrogen-bond donors (Lipinski definition) is 2. The largest absolute Gasteiger partial charge is 0.349 e. The molecular formula is C13H22N4O. The van der Waals surface area contributed by atoms with E-state index in [1.807, 2.05) is 6.92 Å². The first kappa shape index (κ1) is 14.6. The molecule has 100 valence electrons. The number of nitrogens with one attached hydrogen (secondary N) is 1. The number of aromatic nitrogens is 2. The molecule has 1 rings (SSSR count). The van der Waals surface area contributed by atoms with Gasteiger partial charge in [-0.3, -0.25) is 4.79 Å². The lowest BCUT2D eigenvalue weighted by atomic mass is 10.0. The topological polar surface area (TPSA) is 80.9 Å². The van der Waals surface area contributed by atoms with E-state index in [0.29, 0.717) is 23.7 Å². The second-order valence-electron chi connectivity index (χ2n) is 4.89. The third-order valence-electron chi connectivity index (χ3n) is 2.94. The highest BCUT2D eigenvalue weighted by Crippen LogP contribution is 2.09. The number of carbonyl (C=O) groups is 1. The molecule has 5 heteroatoms. The number of rotatable bonds is 5. The van der Waals surface area contributed by atoms with Crippen molar-refractivity contribution in [2.45, 2.75) is 40.2 Å². The number of hydrogen-bond acceptors (Lipinski definition) is 4. The summed E-state index contributed by atoms with van der Waals surface area (Å²) in [7, 11) is 0. The molecule has 0 spiro atoms. The predicted molar refractivity (Wildman–Crippen MR) is 71.3 cm³/mol. The quantitative estimate of drug-likeness (QED) is 0.822. The lowest BCUT2D eigenvalue weighted by molar-refractivity contribution is 0.0922. The maximum absolute atomic E-state index is 12.2. The lowest BCUT2D eigenvalue weighted by Gasteiger charge is -2.22. The first-order chi connectivity index (χ1) is 8.45. The van der Waals surface area contributed by atoms with E-state index in [1.54, 1.807) is 13.0 Å². The summed E-state index contributed by atoms with van der Waals surface area (Å²) in [5.74, 6) is 0.256. The Morgan fingerprint density at radius 2 is 2.06 bits per heavy atom. The minimum absolute atomic E-state index is 0.0929. The van der Waals surface area contributed by atoms with Gasteiger partial charge in [-0.1, -0.05) is 13.8 Å². The molecule has 1 aromatic rings. The van der Waals surface area contributed by atoms with Crippen LogP contribution in [0.15, 0.2) is 6.07 Å². The lowest BCUT2D eigenvalue weighted by Crippen LogP contribution is -2.40. The Morgan fingerprint density at radius 3 is 2.61 bits per heavy atom. The van der Waals surface area contributed by atoms with Crippen LogP contribution in [0.1, 0.15) is 42.0 Å². The summed E-state index contributed by atoms with van der Waals surface area (Å²) in [6, 6.07) is 1.85. The van der Waals surface area contributed by atoms with Crippen molar-refractivity contribution in [1.29, 1.82) is 0 Å². The zero-order valence-electron chi connectivity index (χ0n) is 11.5. The zero-order chi connectivity index (χ0) is 13.7. The molecule has 0 aliphatic heterocycles. The third kappa shape index (κ3) is 3.77. The van der Waals surface area contributed by atoms with Gasteiger partial charge in [0.1, 0.15) is 0 Å². The average Bonchev–Trinajstić information content (AvgIpc) is 2.31. The first-order valence-electron chi connectivity index (χ1n) is 6.27. The van der Waals surface area contributed by atoms with Crippen LogP contribution in [0.5, 0.6) is 0 Å². The Labute approximate surface area is 108 Å². The minimum Gasteiger partial charge on any atom is -0.349 e. The maximum atomic E-state index is 12.2. The van der Waals surface area contributed by atoms with Gasteiger partial charge in [0.05, 0.1) is 17.0 Å². The van der Waals surface area contributed by atoms with Crippen molar-refractivity contribution >= 4 is 5.91 Å². The van der Waals surface area contributed by atoms with Gasteiger partial charge in [-0.15, -0.1) is 0 Å². The predicted octanol–water partition coefficient (Wildman–Crippen LogP) is 1.20. The Morgan fingerprint density at radius 1 is 1.39 bits per heavy atom. The van der Waals surface area contributed by atoms with Crippen LogP contribution in [0.2, 0.25) is 0 Å². The van der Waals surface area contributed by atoms with Gasteiger partial charge >= 0.3 is 0 Å². The molecule has 1 heterocycles. The van der Waals surface area contributed by atoms with Gasteiger partial charge in [-0.05, 0) is 38.8 Å². The average molecular weight is 250 g/mol. The Kier molecular flexibility index (Phi) is 5.22. The number of nitrogens with zero attached hydrogens (tertiary/aromatic N) is 2. The van der Waals surface area contributed by atoms with E-state index in [0.717, 1.165) is 12.1 Å². The van der Waals surface area contributed by atoms with Crippen LogP contribution in [0.25, 0.3) is 0 Å². The molecule has 5 nitrogen and oxygen atoms in total. The molecule has 1 amide bonds. The number of nitrogens with two attached hydrogens (primary N) is 1. The Balaban J connectivity index is 2.83. The molecule has 1 atom stereocenters. The summed E-state index contributed by atoms with van der Waals surface area (Å²) in [5, 5.41) is 10.9. The van der Waals surface area contributed by atoms with Crippen LogP contribution < -0.4 is 11.1 Å². The van der Waals surface area contributed by atoms with E-state index in [1.165, 1.54) is 0 Å². The van der Waals surface area contributed by atoms with Crippen LogP contribution in [-0.4, -0.2) is 28.7 Å². The molecule has 3 N–H and O–H groups in total. The molecule has 1 aromatic heterocycles. The SMILES string of the molecule is Cc1cc(C(=O)NC(CCN)C(C)C)c(C)nn1. The maximum Gasteiger partial charge on any atom is 0.253 e. The molecular weight excluding hydrogens is 228 g/mol. The fourth-order valence-corrected chi connectivity index (χ4v) is 1.78. The van der Waals surface area contributed by atoms with E-state index >= 15 is 0 Å². The number of carbonyl (C=O) groups excluding carboxylic acids is 1. The van der Waals surface area contributed by atoms with Crippen molar-refractivity contribution in [2.24, 2.45) is 11.7 Å². The molecule has 0 aliphatic carbocycles. The van der Waals surface area contributed by atoms with Gasteiger partial charge in [0, 0.05) is 6.04 Å². The van der Waals surface area contributed by atoms with Crippen LogP contribution in [0.3, 0.4) is 0 Å². The van der Waals surface area contributed by atoms with Gasteiger partial charge in [0.15, 0.2) is 0 Å². The Bertz CT molecular complexity index is 417. The zero-order valence-corrected chi connectivity index (χ0v) is 11.5. The van der Waals surface area contributed by atoms with E-state index in [9.17, 15) is 4.79 Å². The monoisotopic (exact) mass is 250 g/mol. The summed E-state index contributed by atoms with van der Waals surface area (Å²) in [4.78, 5) is 12.2. The summed E-state index contributed by atoms with van der Waals surface area (Å²) in [6.07, 6.45) is 0.778. The molecule has 18 heavy (non-hydrogen) atoms. The third-order valence-corrected chi connectivity index (χ3v) is 2.94. The smallest absolute Gasteiger partial charge is 0.253 e. The van der Waals surface area contributed by atoms with Crippen LogP contribution in [0.4, 0.5) is 0 Å². The van der Waals surface area contributed by atoms with Gasteiger partial charge in [-0.2, -0.15) is 10.2 Å². The van der Waals surface area contributed by atoms with Crippen molar-refractivity contribution in [2.75, 3.05) is 6.54 Å². The highest BCUT2D eigenvalue weighted by atomic mass is 16.1. The fraction of sp³-hybridized carbons (Fsp3) is 0.615. The van der Waals surface area contributed by atoms with E-state index < -0.39 is 0 Å². The van der Waals surface area contributed by atoms with Crippen LogP contribution in [-0.2, 0) is 0 Å². The molecule has 0 fully saturated rings. The van der Waals surface area contributed by atoms with Gasteiger partial charge in [0.25, 0.3) is 5.91 Å². The van der Waals surface area contributed by atoms with Crippen molar-refractivity contribution in [3.8, 4) is 0 Å². The molecule has 0 aromatic carbocycles. The summed E-state index contributed by atoms with van der Waals surface area (Å²) in [5.41, 5.74) is 7.54. The van der Waals surface area contributed by atoms with E-state index in [-0.39, 0.29) is 11.9 Å². The van der Waals surface area contributed by atoms with E-state index in [4.69, 9.17) is 5.73 Å². The van der Waals surface area contributed by atoms with Crippen LogP contribution in [0, 0.1) is 19.8 Å². The fourth-order valence-electron chi connectivity index (χ4n) is 1.78. The van der Waals surface area contributed by atoms with Crippen molar-refractivity contribution < 1.29 is 4.79 Å². The normalized spacial score (nSPS) is 12.6. The molecule has 0 bridgehead atoms. The molecule has 0 aliphatic rings. The highest BCUT2D eigenvalue weighted by molar-refractivity contribution is 5.95. The second kappa shape index (κ2) is 6.44. The van der Waals surface area contributed by atoms with Gasteiger partial charge in [-0.25, -0.2) is 0 Å². The van der Waals surface area contributed by atoms with Crippen LogP contribution >= 0.6 is 0 Å². The van der Waals surface area contributed by atoms with E-state index in [2.05, 4.69) is 29.4 Å². The van der Waals surface area contributed by atoms with Crippen molar-refractivity contribution in [1.82, 2.24) is 15.5 Å². The number of amides is 1. The summed E-state index contributed by atoms with van der Waals surface area (Å²) >= 11 is 0. The molecule has 0 radical (unpaired) electrons. The Hall–Kier alpha value is -1.49. The summed E-state index contributed by atoms with van der Waals surface area (Å²) in [6.45, 7) is 8.32. The summed E-state index contributed by atoms with van der Waals surface area (Å²) < 4.78 is 0. The highest BCUT2D eigenvalue weighted by Gasteiger charge is 2.18. The van der Waals surface area contributed by atoms with Gasteiger partial charge < -0.3 is 11.1 Å². The molecule has 0 saturated carbocycles. The first-order valence-corrected chi connectivity index (χ1v) is 6.27. The molecule has 0 saturated heterocycles. The molecule has 1 unspecified atom stereocenters.